The van der Waals surface area contributed by atoms with Crippen LogP contribution in [0.2, 0.25) is 0 Å². The number of rotatable bonds is 0. The van der Waals surface area contributed by atoms with Crippen LogP contribution in [0.4, 0.5) is 0 Å². The Balaban J connectivity index is 2.65. The van der Waals surface area contributed by atoms with Gasteiger partial charge < -0.3 is 0 Å². The molecule has 0 amide bonds. The van der Waals surface area contributed by atoms with E-state index in [0.29, 0.717) is 11.4 Å². The van der Waals surface area contributed by atoms with E-state index in [-0.39, 0.29) is 11.5 Å². The second-order valence-electron chi connectivity index (χ2n) is 1.26. The first-order valence-corrected chi connectivity index (χ1v) is 1.96. The van der Waals surface area contributed by atoms with Gasteiger partial charge in [0.25, 0.3) is 0 Å². The molecule has 0 spiro atoms. The van der Waals surface area contributed by atoms with E-state index in [1.54, 1.807) is 0 Å². The normalized spacial score (nSPS) is 20.0. The molecule has 38 valence electrons. The second kappa shape index (κ2) is 1.25. The number of nitrogens with one attached hydrogen (secondary N) is 1. The Bertz CT molecular complexity index is 106. The van der Waals surface area contributed by atoms with Crippen LogP contribution >= 0.6 is 0 Å². The lowest BCUT2D eigenvalue weighted by Crippen LogP contribution is -2.20. The Hall–Kier alpha value is -1.00. The van der Waals surface area contributed by atoms with Crippen molar-refractivity contribution in [2.75, 3.05) is 13.1 Å². The zero-order valence-electron chi connectivity index (χ0n) is 3.63. The van der Waals surface area contributed by atoms with Crippen LogP contribution in [0, 0.1) is 9.81 Å². The Morgan fingerprint density at radius 2 is 2.14 bits per heavy atom. The van der Waals surface area contributed by atoms with Gasteiger partial charge in [0.2, 0.25) is 11.4 Å². The molecule has 0 saturated carbocycles. The molecule has 1 aliphatic heterocycles. The minimum Gasteiger partial charge on any atom is -0.00709 e. The van der Waals surface area contributed by atoms with E-state index in [9.17, 15) is 9.81 Å². The van der Waals surface area contributed by atoms with Gasteiger partial charge in [-0.2, -0.15) is 0 Å². The van der Waals surface area contributed by atoms with E-state index >= 15 is 0 Å². The summed E-state index contributed by atoms with van der Waals surface area (Å²) >= 11 is 0. The van der Waals surface area contributed by atoms with Crippen LogP contribution in [0.25, 0.3) is 0 Å². The third-order valence-electron chi connectivity index (χ3n) is 0.753. The molecule has 1 aliphatic rings. The summed E-state index contributed by atoms with van der Waals surface area (Å²) in [7, 11) is 0. The highest BCUT2D eigenvalue weighted by Crippen LogP contribution is 1.78. The summed E-state index contributed by atoms with van der Waals surface area (Å²) in [5.74, 6) is 0. The molecule has 1 fully saturated rings. The van der Waals surface area contributed by atoms with E-state index < -0.39 is 0 Å². The monoisotopic (exact) mass is 103 g/mol. The maximum Gasteiger partial charge on any atom is 0.436 e. The molecule has 1 rings (SSSR count). The van der Waals surface area contributed by atoms with Crippen LogP contribution in [-0.4, -0.2) is 22.9 Å². The Morgan fingerprint density at radius 1 is 1.43 bits per heavy atom. The van der Waals surface area contributed by atoms with Gasteiger partial charge in [0, 0.05) is 4.91 Å². The van der Waals surface area contributed by atoms with Crippen LogP contribution in [0.5, 0.6) is 0 Å². The molecule has 0 atom stereocenters. The van der Waals surface area contributed by atoms with Crippen molar-refractivity contribution in [3.63, 3.8) is 0 Å². The molecule has 5 nitrogen and oxygen atoms in total. The average Bonchev–Trinajstić information content (AvgIpc) is 1.91. The highest BCUT2D eigenvalue weighted by Gasteiger charge is 2.34. The molecule has 1 heterocycles. The average molecular weight is 103 g/mol. The van der Waals surface area contributed by atoms with Crippen molar-refractivity contribution < 1.29 is 9.85 Å². The quantitative estimate of drug-likeness (QED) is 0.399. The molecule has 1 N–H and O–H groups in total. The van der Waals surface area contributed by atoms with Crippen LogP contribution in [0.3, 0.4) is 0 Å². The highest BCUT2D eigenvalue weighted by atomic mass is 16.5. The lowest BCUT2D eigenvalue weighted by molar-refractivity contribution is -1.13. The third kappa shape index (κ3) is 0.556. The van der Waals surface area contributed by atoms with E-state index in [4.69, 9.17) is 0 Å². The maximum absolute atomic E-state index is 10.0. The van der Waals surface area contributed by atoms with Gasteiger partial charge in [-0.15, -0.1) is 0 Å². The van der Waals surface area contributed by atoms with Crippen molar-refractivity contribution in [2.24, 2.45) is 0 Å². The van der Waals surface area contributed by atoms with Crippen LogP contribution in [-0.2, 0) is 0 Å². The summed E-state index contributed by atoms with van der Waals surface area (Å²) in [6, 6.07) is 0. The van der Waals surface area contributed by atoms with Gasteiger partial charge in [0.15, 0.2) is 6.54 Å². The smallest absolute Gasteiger partial charge is 0.00709 e. The van der Waals surface area contributed by atoms with Crippen molar-refractivity contribution in [2.45, 2.75) is 0 Å². The predicted molar refractivity (Wildman–Crippen MR) is 20.1 cm³/mol. The van der Waals surface area contributed by atoms with Crippen molar-refractivity contribution in [1.82, 2.24) is 5.43 Å². The molecule has 0 aromatic carbocycles. The van der Waals surface area contributed by atoms with Crippen LogP contribution in [0.15, 0.2) is 0 Å². The topological polar surface area (TPSA) is 52.2 Å². The summed E-state index contributed by atoms with van der Waals surface area (Å²) in [5, 5.41) is 0. The predicted octanol–water partition coefficient (Wildman–Crippen LogP) is -1.02. The van der Waals surface area contributed by atoms with Crippen molar-refractivity contribution in [3.8, 4) is 0 Å². The van der Waals surface area contributed by atoms with E-state index in [2.05, 4.69) is 5.43 Å². The minimum atomic E-state index is 0.181. The molecule has 0 aromatic rings. The number of nitroso groups, excluding NO2 is 2. The summed E-state index contributed by atoms with van der Waals surface area (Å²) in [5.41, 5.74) is 2.26. The SMILES string of the molecule is O=[N+]1CCN[N+]1=O. The van der Waals surface area contributed by atoms with Gasteiger partial charge in [-0.3, -0.25) is 0 Å². The second-order valence-corrected chi connectivity index (χ2v) is 1.26. The number of hydrazine groups is 2. The van der Waals surface area contributed by atoms with E-state index in [0.717, 1.165) is 0 Å². The fourth-order valence-electron chi connectivity index (χ4n) is 0.411. The molecule has 0 radical (unpaired) electrons. The largest absolute Gasteiger partial charge is 0.436 e. The molecule has 1 saturated heterocycles. The summed E-state index contributed by atoms with van der Waals surface area (Å²) < 4.78 is 0. The standard InChI is InChI=1S/C2H5N3O2/c6-4-2-1-3-5(4)7/h1-2H2,(H,3,7)/q+2. The van der Waals surface area contributed by atoms with Gasteiger partial charge in [-0.1, -0.05) is 0 Å². The first kappa shape index (κ1) is 4.17. The fourth-order valence-corrected chi connectivity index (χ4v) is 0.411. The first-order valence-electron chi connectivity index (χ1n) is 1.96. The van der Waals surface area contributed by atoms with Gasteiger partial charge >= 0.3 is 4.98 Å². The molecule has 0 aromatic heterocycles. The Kier molecular flexibility index (Phi) is 0.744. The van der Waals surface area contributed by atoms with Gasteiger partial charge in [-0.05, 0) is 5.43 Å². The number of hydrogen-bond acceptors (Lipinski definition) is 2. The zero-order valence-corrected chi connectivity index (χ0v) is 3.63. The molecular weight excluding hydrogens is 98.0 g/mol. The number of hydrogen-bond donors (Lipinski definition) is 1. The van der Waals surface area contributed by atoms with Crippen molar-refractivity contribution >= 4 is 0 Å². The van der Waals surface area contributed by atoms with E-state index in [1.165, 1.54) is 0 Å². The van der Waals surface area contributed by atoms with Crippen molar-refractivity contribution in [3.05, 3.63) is 9.81 Å². The number of nitrogens with zero attached hydrogens (tertiary/aromatic N) is 2. The fraction of sp³-hybridized carbons (Fsp3) is 1.00. The third-order valence-corrected chi connectivity index (χ3v) is 0.753. The molecular formula is C2H5N3O2+2. The molecule has 0 bridgehead atoms. The summed E-state index contributed by atoms with van der Waals surface area (Å²) in [6.45, 7) is 0.705. The van der Waals surface area contributed by atoms with Gasteiger partial charge in [-0.25, -0.2) is 0 Å². The lowest BCUT2D eigenvalue weighted by atomic mass is 10.7. The van der Waals surface area contributed by atoms with Crippen LogP contribution < -0.4 is 5.43 Å². The Labute approximate surface area is 39.4 Å². The summed E-state index contributed by atoms with van der Waals surface area (Å²) in [4.78, 5) is 20.5. The summed E-state index contributed by atoms with van der Waals surface area (Å²) in [6.07, 6.45) is 0. The molecule has 0 aliphatic carbocycles. The van der Waals surface area contributed by atoms with Gasteiger partial charge in [0.1, 0.15) is 4.91 Å². The first-order chi connectivity index (χ1) is 3.30. The van der Waals surface area contributed by atoms with E-state index in [1.807, 2.05) is 0 Å². The Morgan fingerprint density at radius 3 is 2.29 bits per heavy atom. The van der Waals surface area contributed by atoms with Crippen LogP contribution in [0.1, 0.15) is 0 Å². The maximum atomic E-state index is 10.0. The molecule has 0 unspecified atom stereocenters. The molecule has 5 heteroatoms. The van der Waals surface area contributed by atoms with Crippen molar-refractivity contribution in [1.29, 1.82) is 0 Å². The van der Waals surface area contributed by atoms with Gasteiger partial charge in [0.05, 0.1) is 0 Å². The minimum absolute atomic E-state index is 0.181. The molecule has 7 heavy (non-hydrogen) atoms. The zero-order chi connectivity index (χ0) is 5.28. The lowest BCUT2D eigenvalue weighted by Gasteiger charge is -1.57. The highest BCUT2D eigenvalue weighted by molar-refractivity contribution is 4.26.